The van der Waals surface area contributed by atoms with Gasteiger partial charge in [0.15, 0.2) is 0 Å². The van der Waals surface area contributed by atoms with Gasteiger partial charge >= 0.3 is 5.97 Å². The molecule has 168 valence electrons. The summed E-state index contributed by atoms with van der Waals surface area (Å²) in [4.78, 5) is 25.4. The van der Waals surface area contributed by atoms with Crippen LogP contribution in [0.3, 0.4) is 0 Å². The van der Waals surface area contributed by atoms with Gasteiger partial charge in [0.2, 0.25) is 0 Å². The van der Waals surface area contributed by atoms with Gasteiger partial charge in [-0.3, -0.25) is 4.79 Å². The molecule has 0 spiro atoms. The lowest BCUT2D eigenvalue weighted by atomic mass is 10.0. The molecule has 0 fully saturated rings. The summed E-state index contributed by atoms with van der Waals surface area (Å²) >= 11 is 0. The van der Waals surface area contributed by atoms with Gasteiger partial charge in [-0.15, -0.1) is 0 Å². The molecule has 3 aromatic rings. The molecule has 0 aliphatic carbocycles. The number of hydrogen-bond acceptors (Lipinski definition) is 5. The van der Waals surface area contributed by atoms with Crippen LogP contribution in [0.4, 0.5) is 17.1 Å². The van der Waals surface area contributed by atoms with Gasteiger partial charge in [-0.1, -0.05) is 55.5 Å². The Kier molecular flexibility index (Phi) is 8.09. The van der Waals surface area contributed by atoms with Crippen LogP contribution in [-0.4, -0.2) is 25.5 Å². The highest BCUT2D eigenvalue weighted by molar-refractivity contribution is 6.11. The Hall–Kier alpha value is -4.24. The minimum Gasteiger partial charge on any atom is -0.465 e. The number of carbonyl (C=O) groups excluding carboxylic acids is 2. The lowest BCUT2D eigenvalue weighted by Crippen LogP contribution is -2.18. The van der Waals surface area contributed by atoms with Crippen LogP contribution in [0, 0.1) is 11.8 Å². The number of anilines is 3. The topological polar surface area (TPSA) is 93.5 Å². The number of nitrogens with one attached hydrogen (secondary N) is 2. The summed E-state index contributed by atoms with van der Waals surface area (Å²) in [6.45, 7) is 2.76. The zero-order valence-electron chi connectivity index (χ0n) is 18.8. The zero-order valence-corrected chi connectivity index (χ0v) is 18.8. The van der Waals surface area contributed by atoms with Gasteiger partial charge in [0, 0.05) is 17.8 Å². The number of carbonyl (C=O) groups is 2. The molecule has 0 saturated carbocycles. The summed E-state index contributed by atoms with van der Waals surface area (Å²) in [5, 5.41) is 6.16. The van der Waals surface area contributed by atoms with Gasteiger partial charge in [0.05, 0.1) is 35.2 Å². The van der Waals surface area contributed by atoms with E-state index in [2.05, 4.69) is 29.4 Å². The molecule has 0 unspecified atom stereocenters. The van der Waals surface area contributed by atoms with Crippen molar-refractivity contribution in [2.24, 2.45) is 0 Å². The molecule has 33 heavy (non-hydrogen) atoms. The second-order valence-electron chi connectivity index (χ2n) is 7.34. The van der Waals surface area contributed by atoms with Crippen molar-refractivity contribution in [2.45, 2.75) is 19.8 Å². The Morgan fingerprint density at radius 2 is 1.67 bits per heavy atom. The molecule has 1 amide bonds. The molecule has 3 rings (SSSR count). The third kappa shape index (κ3) is 5.92. The number of amides is 1. The van der Waals surface area contributed by atoms with Crippen LogP contribution >= 0.6 is 0 Å². The van der Waals surface area contributed by atoms with E-state index < -0.39 is 5.97 Å². The van der Waals surface area contributed by atoms with Crippen LogP contribution in [0.2, 0.25) is 0 Å². The van der Waals surface area contributed by atoms with E-state index in [0.29, 0.717) is 34.7 Å². The first-order chi connectivity index (χ1) is 16.0. The highest BCUT2D eigenvalue weighted by atomic mass is 16.5. The summed E-state index contributed by atoms with van der Waals surface area (Å²) in [5.41, 5.74) is 9.73. The average Bonchev–Trinajstić information content (AvgIpc) is 2.84. The Balaban J connectivity index is 2.02. The van der Waals surface area contributed by atoms with Crippen molar-refractivity contribution in [3.05, 3.63) is 89.0 Å². The van der Waals surface area contributed by atoms with Crippen molar-refractivity contribution in [2.75, 3.05) is 30.0 Å². The van der Waals surface area contributed by atoms with Crippen molar-refractivity contribution >= 4 is 28.9 Å². The molecule has 0 aliphatic heterocycles. The number of methoxy groups -OCH3 is 1. The summed E-state index contributed by atoms with van der Waals surface area (Å²) in [6.07, 6.45) is 1.92. The van der Waals surface area contributed by atoms with Gasteiger partial charge in [0.25, 0.3) is 5.91 Å². The molecule has 0 bridgehead atoms. The molecular weight excluding hydrogens is 414 g/mol. The van der Waals surface area contributed by atoms with Crippen LogP contribution < -0.4 is 16.4 Å². The molecule has 0 saturated heterocycles. The number of nitrogens with two attached hydrogens (primary N) is 1. The average molecular weight is 442 g/mol. The maximum atomic E-state index is 13.3. The second-order valence-corrected chi connectivity index (χ2v) is 7.34. The van der Waals surface area contributed by atoms with Crippen molar-refractivity contribution in [1.82, 2.24) is 0 Å². The molecule has 0 atom stereocenters. The molecule has 0 aliphatic rings. The van der Waals surface area contributed by atoms with Crippen LogP contribution in [0.25, 0.3) is 0 Å². The van der Waals surface area contributed by atoms with E-state index in [1.54, 1.807) is 36.4 Å². The maximum Gasteiger partial charge on any atom is 0.339 e. The largest absolute Gasteiger partial charge is 0.465 e. The molecule has 6 heteroatoms. The lowest BCUT2D eigenvalue weighted by molar-refractivity contribution is 0.0602. The SMILES string of the molecule is CCCCNc1c(C(=O)Nc2ccccc2C(=O)OC)ccc(N)c1C#Cc1ccccc1. The highest BCUT2D eigenvalue weighted by Gasteiger charge is 2.19. The number of rotatable bonds is 7. The zero-order chi connectivity index (χ0) is 23.6. The van der Waals surface area contributed by atoms with E-state index in [9.17, 15) is 9.59 Å². The number of nitrogen functional groups attached to an aromatic ring is 1. The fourth-order valence-corrected chi connectivity index (χ4v) is 3.24. The molecular formula is C27H27N3O3. The van der Waals surface area contributed by atoms with Crippen LogP contribution in [0.5, 0.6) is 0 Å². The summed E-state index contributed by atoms with van der Waals surface area (Å²) < 4.78 is 4.82. The minimum atomic E-state index is -0.529. The van der Waals surface area contributed by atoms with Crippen molar-refractivity contribution < 1.29 is 14.3 Å². The third-order valence-electron chi connectivity index (χ3n) is 5.00. The number of esters is 1. The summed E-state index contributed by atoms with van der Waals surface area (Å²) in [6, 6.07) is 19.6. The predicted octanol–water partition coefficient (Wildman–Crippen LogP) is 4.92. The normalized spacial score (nSPS) is 10.0. The van der Waals surface area contributed by atoms with Gasteiger partial charge in [-0.05, 0) is 42.8 Å². The Labute approximate surface area is 194 Å². The second kappa shape index (κ2) is 11.4. The number of unbranched alkanes of at least 4 members (excludes halogenated alkanes) is 1. The first-order valence-electron chi connectivity index (χ1n) is 10.8. The van der Waals surface area contributed by atoms with E-state index in [1.807, 2.05) is 30.3 Å². The van der Waals surface area contributed by atoms with Gasteiger partial charge in [-0.2, -0.15) is 0 Å². The van der Waals surface area contributed by atoms with Crippen molar-refractivity contribution in [3.63, 3.8) is 0 Å². The van der Waals surface area contributed by atoms with Gasteiger partial charge in [-0.25, -0.2) is 4.79 Å². The molecule has 6 nitrogen and oxygen atoms in total. The Morgan fingerprint density at radius 3 is 2.39 bits per heavy atom. The fourth-order valence-electron chi connectivity index (χ4n) is 3.24. The van der Waals surface area contributed by atoms with E-state index in [-0.39, 0.29) is 11.5 Å². The summed E-state index contributed by atoms with van der Waals surface area (Å²) in [5.74, 6) is 5.34. The molecule has 0 heterocycles. The Morgan fingerprint density at radius 1 is 0.939 bits per heavy atom. The van der Waals surface area contributed by atoms with Crippen molar-refractivity contribution in [3.8, 4) is 11.8 Å². The smallest absolute Gasteiger partial charge is 0.339 e. The fraction of sp³-hybridized carbons (Fsp3) is 0.185. The maximum absolute atomic E-state index is 13.3. The number of ether oxygens (including phenoxy) is 1. The van der Waals surface area contributed by atoms with Crippen LogP contribution in [0.1, 0.15) is 51.6 Å². The van der Waals surface area contributed by atoms with Gasteiger partial charge < -0.3 is 21.1 Å². The minimum absolute atomic E-state index is 0.272. The highest BCUT2D eigenvalue weighted by Crippen LogP contribution is 2.28. The Bertz CT molecular complexity index is 1190. The first kappa shape index (κ1) is 23.4. The van der Waals surface area contributed by atoms with Gasteiger partial charge in [0.1, 0.15) is 0 Å². The first-order valence-corrected chi connectivity index (χ1v) is 10.8. The predicted molar refractivity (Wildman–Crippen MR) is 132 cm³/mol. The third-order valence-corrected chi connectivity index (χ3v) is 5.00. The summed E-state index contributed by atoms with van der Waals surface area (Å²) in [7, 11) is 1.30. The van der Waals surface area contributed by atoms with E-state index in [4.69, 9.17) is 10.5 Å². The van der Waals surface area contributed by atoms with Crippen LogP contribution in [0.15, 0.2) is 66.7 Å². The molecule has 4 N–H and O–H groups in total. The quantitative estimate of drug-likeness (QED) is 0.209. The molecule has 3 aromatic carbocycles. The number of benzene rings is 3. The van der Waals surface area contributed by atoms with Crippen molar-refractivity contribution in [1.29, 1.82) is 0 Å². The lowest BCUT2D eigenvalue weighted by Gasteiger charge is -2.16. The van der Waals surface area contributed by atoms with E-state index >= 15 is 0 Å². The van der Waals surface area contributed by atoms with E-state index in [0.717, 1.165) is 18.4 Å². The standard InChI is InChI=1S/C27H27N3O3/c1-3-4-18-29-25-20(15-14-19-10-6-5-7-11-19)23(28)17-16-22(25)26(31)30-24-13-9-8-12-21(24)27(32)33-2/h5-13,16-17,29H,3-4,18,28H2,1-2H3,(H,30,31). The van der Waals surface area contributed by atoms with Crippen LogP contribution in [-0.2, 0) is 4.74 Å². The number of hydrogen-bond donors (Lipinski definition) is 3. The van der Waals surface area contributed by atoms with E-state index in [1.165, 1.54) is 7.11 Å². The number of para-hydroxylation sites is 1. The molecule has 0 aromatic heterocycles. The molecule has 0 radical (unpaired) electrons. The monoisotopic (exact) mass is 441 g/mol.